The molecular formula is C12H13BrFNO. The third-order valence-corrected chi connectivity index (χ3v) is 2.71. The molecule has 2 nitrogen and oxygen atoms in total. The molecule has 4 heteroatoms. The summed E-state index contributed by atoms with van der Waals surface area (Å²) in [7, 11) is 0. The summed E-state index contributed by atoms with van der Waals surface area (Å²) in [5, 5.41) is 0. The van der Waals surface area contributed by atoms with Gasteiger partial charge in [0.15, 0.2) is 5.78 Å². The first-order valence-electron chi connectivity index (χ1n) is 4.87. The molecule has 16 heavy (non-hydrogen) atoms. The van der Waals surface area contributed by atoms with Gasteiger partial charge in [0.1, 0.15) is 5.82 Å². The molecule has 0 aromatic heterocycles. The summed E-state index contributed by atoms with van der Waals surface area (Å²) in [6.45, 7) is 3.51. The lowest BCUT2D eigenvalue weighted by atomic mass is 10.0. The smallest absolute Gasteiger partial charge is 0.154 e. The van der Waals surface area contributed by atoms with Gasteiger partial charge in [-0.1, -0.05) is 28.1 Å². The van der Waals surface area contributed by atoms with Crippen LogP contribution >= 0.6 is 15.9 Å². The molecule has 0 fully saturated rings. The molecule has 1 aromatic carbocycles. The molecule has 0 aliphatic rings. The highest BCUT2D eigenvalue weighted by molar-refractivity contribution is 9.10. The lowest BCUT2D eigenvalue weighted by molar-refractivity contribution is -0.119. The number of ketones is 1. The van der Waals surface area contributed by atoms with Gasteiger partial charge in [0.05, 0.1) is 6.04 Å². The van der Waals surface area contributed by atoms with Gasteiger partial charge in [-0.3, -0.25) is 4.79 Å². The predicted molar refractivity (Wildman–Crippen MR) is 65.6 cm³/mol. The second kappa shape index (κ2) is 5.92. The maximum atomic E-state index is 13.4. The molecule has 0 bridgehead atoms. The maximum Gasteiger partial charge on any atom is 0.154 e. The predicted octanol–water partition coefficient (Wildman–Crippen LogP) is 2.60. The number of benzene rings is 1. The van der Waals surface area contributed by atoms with Crippen LogP contribution in [-0.4, -0.2) is 11.8 Å². The van der Waals surface area contributed by atoms with Crippen molar-refractivity contribution in [1.82, 2.24) is 0 Å². The van der Waals surface area contributed by atoms with E-state index in [-0.39, 0.29) is 12.2 Å². The molecule has 1 aromatic rings. The molecule has 0 aliphatic carbocycles. The fourth-order valence-corrected chi connectivity index (χ4v) is 1.63. The van der Waals surface area contributed by atoms with Crippen molar-refractivity contribution in [3.05, 3.63) is 46.7 Å². The van der Waals surface area contributed by atoms with Crippen molar-refractivity contribution >= 4 is 21.7 Å². The fraction of sp³-hybridized carbons (Fsp3) is 0.250. The minimum Gasteiger partial charge on any atom is -0.321 e. The molecule has 2 N–H and O–H groups in total. The van der Waals surface area contributed by atoms with E-state index in [1.165, 1.54) is 6.07 Å². The molecular weight excluding hydrogens is 273 g/mol. The van der Waals surface area contributed by atoms with Crippen LogP contribution in [0.25, 0.3) is 0 Å². The Hall–Kier alpha value is -1.00. The largest absolute Gasteiger partial charge is 0.321 e. The third-order valence-electron chi connectivity index (χ3n) is 2.21. The van der Waals surface area contributed by atoms with Crippen LogP contribution in [0.5, 0.6) is 0 Å². The molecule has 1 rings (SSSR count). The van der Waals surface area contributed by atoms with Crippen molar-refractivity contribution in [2.24, 2.45) is 5.73 Å². The molecule has 0 amide bonds. The van der Waals surface area contributed by atoms with Crippen molar-refractivity contribution in [3.8, 4) is 0 Å². The summed E-state index contributed by atoms with van der Waals surface area (Å²) in [5.74, 6) is -0.574. The molecule has 0 heterocycles. The number of hydrogen-bond donors (Lipinski definition) is 1. The molecule has 1 unspecified atom stereocenters. The average molecular weight is 286 g/mol. The van der Waals surface area contributed by atoms with Crippen molar-refractivity contribution in [2.45, 2.75) is 18.9 Å². The Balaban J connectivity index is 2.73. The first-order chi connectivity index (χ1) is 7.54. The molecule has 86 valence electrons. The number of rotatable bonds is 5. The van der Waals surface area contributed by atoms with Crippen LogP contribution in [-0.2, 0) is 11.2 Å². The molecule has 1 atom stereocenters. The topological polar surface area (TPSA) is 43.1 Å². The average Bonchev–Trinajstić information content (AvgIpc) is 2.22. The van der Waals surface area contributed by atoms with Gasteiger partial charge in [-0.25, -0.2) is 4.39 Å². The number of carbonyl (C=O) groups is 1. The van der Waals surface area contributed by atoms with Crippen LogP contribution in [0.1, 0.15) is 12.0 Å². The Morgan fingerprint density at radius 2 is 2.31 bits per heavy atom. The molecule has 0 spiro atoms. The van der Waals surface area contributed by atoms with Crippen molar-refractivity contribution < 1.29 is 9.18 Å². The monoisotopic (exact) mass is 285 g/mol. The summed E-state index contributed by atoms with van der Waals surface area (Å²) in [4.78, 5) is 11.6. The zero-order chi connectivity index (χ0) is 12.1. The highest BCUT2D eigenvalue weighted by Crippen LogP contribution is 2.16. The van der Waals surface area contributed by atoms with Gasteiger partial charge < -0.3 is 5.73 Å². The fourth-order valence-electron chi connectivity index (χ4n) is 1.29. The standard InChI is InChI=1S/C12H13BrFNO/c1-2-3-11(15)12(16)6-8-4-5-9(13)7-10(8)14/h2,4-5,7,11H,1,3,6,15H2. The Morgan fingerprint density at radius 3 is 2.88 bits per heavy atom. The summed E-state index contributed by atoms with van der Waals surface area (Å²) in [6.07, 6.45) is 2.02. The lowest BCUT2D eigenvalue weighted by Crippen LogP contribution is -2.31. The van der Waals surface area contributed by atoms with Crippen LogP contribution in [0.3, 0.4) is 0 Å². The quantitative estimate of drug-likeness (QED) is 0.845. The minimum absolute atomic E-state index is 0.0219. The highest BCUT2D eigenvalue weighted by atomic mass is 79.9. The molecule has 0 saturated carbocycles. The number of halogens is 2. The van der Waals surface area contributed by atoms with Crippen LogP contribution < -0.4 is 5.73 Å². The third kappa shape index (κ3) is 3.54. The zero-order valence-electron chi connectivity index (χ0n) is 8.75. The summed E-state index contributed by atoms with van der Waals surface area (Å²) < 4.78 is 14.1. The zero-order valence-corrected chi connectivity index (χ0v) is 10.3. The van der Waals surface area contributed by atoms with Crippen molar-refractivity contribution in [3.63, 3.8) is 0 Å². The Kier molecular flexibility index (Phi) is 4.83. The Morgan fingerprint density at radius 1 is 1.62 bits per heavy atom. The normalized spacial score (nSPS) is 12.2. The van der Waals surface area contributed by atoms with Gasteiger partial charge >= 0.3 is 0 Å². The van der Waals surface area contributed by atoms with Crippen molar-refractivity contribution in [2.75, 3.05) is 0 Å². The maximum absolute atomic E-state index is 13.4. The summed E-state index contributed by atoms with van der Waals surface area (Å²) in [6, 6.07) is 4.02. The SMILES string of the molecule is C=CCC(N)C(=O)Cc1ccc(Br)cc1F. The van der Waals surface area contributed by atoms with Crippen molar-refractivity contribution in [1.29, 1.82) is 0 Å². The number of hydrogen-bond acceptors (Lipinski definition) is 2. The molecule has 0 saturated heterocycles. The number of carbonyl (C=O) groups excluding carboxylic acids is 1. The van der Waals surface area contributed by atoms with E-state index < -0.39 is 11.9 Å². The first-order valence-corrected chi connectivity index (χ1v) is 5.67. The second-order valence-corrected chi connectivity index (χ2v) is 4.43. The van der Waals surface area contributed by atoms with E-state index in [1.54, 1.807) is 18.2 Å². The Bertz CT molecular complexity index is 406. The van der Waals surface area contributed by atoms with Crippen LogP contribution in [0.2, 0.25) is 0 Å². The van der Waals surface area contributed by atoms with E-state index in [2.05, 4.69) is 22.5 Å². The number of nitrogens with two attached hydrogens (primary N) is 1. The van der Waals surface area contributed by atoms with E-state index >= 15 is 0 Å². The van der Waals surface area contributed by atoms with Gasteiger partial charge in [0.25, 0.3) is 0 Å². The van der Waals surface area contributed by atoms with Crippen LogP contribution in [0.4, 0.5) is 4.39 Å². The van der Waals surface area contributed by atoms with E-state index in [0.29, 0.717) is 16.5 Å². The summed E-state index contributed by atoms with van der Waals surface area (Å²) in [5.41, 5.74) is 5.97. The molecule has 0 radical (unpaired) electrons. The van der Waals surface area contributed by atoms with E-state index in [4.69, 9.17) is 5.73 Å². The van der Waals surface area contributed by atoms with E-state index in [9.17, 15) is 9.18 Å². The number of Topliss-reactive ketones (excluding diaryl/α,β-unsaturated/α-hetero) is 1. The first kappa shape index (κ1) is 13.1. The minimum atomic E-state index is -0.597. The second-order valence-electron chi connectivity index (χ2n) is 3.51. The van der Waals surface area contributed by atoms with Gasteiger partial charge in [-0.2, -0.15) is 0 Å². The van der Waals surface area contributed by atoms with E-state index in [0.717, 1.165) is 0 Å². The van der Waals surface area contributed by atoms with Crippen LogP contribution in [0.15, 0.2) is 35.3 Å². The molecule has 0 aliphatic heterocycles. The van der Waals surface area contributed by atoms with Crippen LogP contribution in [0, 0.1) is 5.82 Å². The van der Waals surface area contributed by atoms with Gasteiger partial charge in [0, 0.05) is 10.9 Å². The lowest BCUT2D eigenvalue weighted by Gasteiger charge is -2.08. The summed E-state index contributed by atoms with van der Waals surface area (Å²) >= 11 is 3.15. The van der Waals surface area contributed by atoms with Gasteiger partial charge in [-0.15, -0.1) is 6.58 Å². The van der Waals surface area contributed by atoms with E-state index in [1.807, 2.05) is 0 Å². The Labute approximate surface area is 102 Å². The highest BCUT2D eigenvalue weighted by Gasteiger charge is 2.14. The van der Waals surface area contributed by atoms with Gasteiger partial charge in [-0.05, 0) is 24.1 Å². The van der Waals surface area contributed by atoms with Gasteiger partial charge in [0.2, 0.25) is 0 Å².